The number of hydrogen-bond donors (Lipinski definition) is 1. The van der Waals surface area contributed by atoms with Gasteiger partial charge in [0.15, 0.2) is 0 Å². The van der Waals surface area contributed by atoms with E-state index in [-0.39, 0.29) is 0 Å². The normalized spacial score (nSPS) is 31.9. The fourth-order valence-electron chi connectivity index (χ4n) is 3.83. The van der Waals surface area contributed by atoms with E-state index in [1.165, 1.54) is 77.4 Å². The van der Waals surface area contributed by atoms with E-state index in [0.29, 0.717) is 0 Å². The summed E-state index contributed by atoms with van der Waals surface area (Å²) in [4.78, 5) is 2.82. The average molecular weight is 266 g/mol. The van der Waals surface area contributed by atoms with Gasteiger partial charge in [0.05, 0.1) is 0 Å². The lowest BCUT2D eigenvalue weighted by molar-refractivity contribution is 0.0947. The van der Waals surface area contributed by atoms with Crippen molar-refractivity contribution < 1.29 is 0 Å². The molecule has 1 saturated carbocycles. The zero-order chi connectivity index (χ0) is 13.5. The Kier molecular flexibility index (Phi) is 6.66. The summed E-state index contributed by atoms with van der Waals surface area (Å²) in [6, 6.07) is 1.58. The van der Waals surface area contributed by atoms with Crippen molar-refractivity contribution >= 4 is 0 Å². The molecule has 2 fully saturated rings. The van der Waals surface area contributed by atoms with E-state index in [0.717, 1.165) is 18.0 Å². The number of hydrogen-bond acceptors (Lipinski definition) is 2. The first-order chi connectivity index (χ1) is 9.31. The summed E-state index contributed by atoms with van der Waals surface area (Å²) in [7, 11) is 0. The number of nitrogens with one attached hydrogen (secondary N) is 1. The lowest BCUT2D eigenvalue weighted by Crippen LogP contribution is -2.52. The largest absolute Gasteiger partial charge is 0.312 e. The third-order valence-electron chi connectivity index (χ3n) is 5.17. The fourth-order valence-corrected chi connectivity index (χ4v) is 3.83. The lowest BCUT2D eigenvalue weighted by Gasteiger charge is -2.42. The van der Waals surface area contributed by atoms with E-state index < -0.39 is 0 Å². The van der Waals surface area contributed by atoms with Crippen LogP contribution in [0.5, 0.6) is 0 Å². The molecule has 2 nitrogen and oxygen atoms in total. The highest BCUT2D eigenvalue weighted by Gasteiger charge is 2.29. The van der Waals surface area contributed by atoms with Crippen molar-refractivity contribution in [3.8, 4) is 0 Å². The van der Waals surface area contributed by atoms with Gasteiger partial charge >= 0.3 is 0 Å². The summed E-state index contributed by atoms with van der Waals surface area (Å²) in [6.45, 7) is 8.59. The molecule has 2 aliphatic rings. The minimum Gasteiger partial charge on any atom is -0.312 e. The van der Waals surface area contributed by atoms with Gasteiger partial charge in [-0.2, -0.15) is 0 Å². The van der Waals surface area contributed by atoms with Gasteiger partial charge in [0.25, 0.3) is 0 Å². The third kappa shape index (κ3) is 4.75. The van der Waals surface area contributed by atoms with Crippen LogP contribution in [-0.4, -0.2) is 36.6 Å². The Morgan fingerprint density at radius 3 is 2.32 bits per heavy atom. The average Bonchev–Trinajstić information content (AvgIpc) is 2.39. The van der Waals surface area contributed by atoms with Crippen LogP contribution in [-0.2, 0) is 0 Å². The smallest absolute Gasteiger partial charge is 0.0249 e. The van der Waals surface area contributed by atoms with E-state index >= 15 is 0 Å². The van der Waals surface area contributed by atoms with Gasteiger partial charge in [0.1, 0.15) is 0 Å². The second kappa shape index (κ2) is 8.26. The SMILES string of the molecule is CCCNC1CCCCCCC1N1CCC(C)CC1. The molecule has 2 heteroatoms. The molecule has 0 aromatic carbocycles. The third-order valence-corrected chi connectivity index (χ3v) is 5.17. The van der Waals surface area contributed by atoms with Crippen LogP contribution in [0.2, 0.25) is 0 Å². The Morgan fingerprint density at radius 1 is 0.947 bits per heavy atom. The maximum atomic E-state index is 3.86. The number of nitrogens with zero attached hydrogens (tertiary/aromatic N) is 1. The molecule has 1 aliphatic carbocycles. The predicted octanol–water partition coefficient (Wildman–Crippen LogP) is 3.81. The molecule has 1 aliphatic heterocycles. The van der Waals surface area contributed by atoms with Crippen LogP contribution < -0.4 is 5.32 Å². The van der Waals surface area contributed by atoms with Crippen LogP contribution in [0.25, 0.3) is 0 Å². The van der Waals surface area contributed by atoms with Crippen molar-refractivity contribution in [2.75, 3.05) is 19.6 Å². The molecule has 1 heterocycles. The van der Waals surface area contributed by atoms with Crippen molar-refractivity contribution in [2.45, 2.75) is 83.7 Å². The standard InChI is InChI=1S/C17H34N2/c1-3-12-18-16-8-6-4-5-7-9-17(16)19-13-10-15(2)11-14-19/h15-18H,3-14H2,1-2H3. The topological polar surface area (TPSA) is 15.3 Å². The van der Waals surface area contributed by atoms with Gasteiger partial charge in [0, 0.05) is 12.1 Å². The quantitative estimate of drug-likeness (QED) is 0.832. The molecule has 2 atom stereocenters. The van der Waals surface area contributed by atoms with Crippen LogP contribution >= 0.6 is 0 Å². The van der Waals surface area contributed by atoms with Crippen molar-refractivity contribution in [3.63, 3.8) is 0 Å². The Balaban J connectivity index is 1.93. The van der Waals surface area contributed by atoms with Crippen molar-refractivity contribution in [3.05, 3.63) is 0 Å². The molecule has 112 valence electrons. The number of piperidine rings is 1. The summed E-state index contributed by atoms with van der Waals surface area (Å²) in [6.07, 6.45) is 12.7. The minimum absolute atomic E-state index is 0.758. The molecular formula is C17H34N2. The zero-order valence-electron chi connectivity index (χ0n) is 13.2. The Bertz CT molecular complexity index is 231. The molecule has 0 radical (unpaired) electrons. The van der Waals surface area contributed by atoms with Gasteiger partial charge in [-0.25, -0.2) is 0 Å². The van der Waals surface area contributed by atoms with Crippen molar-refractivity contribution in [2.24, 2.45) is 5.92 Å². The second-order valence-electron chi connectivity index (χ2n) is 6.84. The maximum absolute atomic E-state index is 3.86. The molecule has 1 saturated heterocycles. The molecule has 0 amide bonds. The van der Waals surface area contributed by atoms with Crippen LogP contribution in [0, 0.1) is 5.92 Å². The zero-order valence-corrected chi connectivity index (χ0v) is 13.2. The number of rotatable bonds is 4. The van der Waals surface area contributed by atoms with Crippen molar-refractivity contribution in [1.29, 1.82) is 0 Å². The monoisotopic (exact) mass is 266 g/mol. The van der Waals surface area contributed by atoms with Gasteiger partial charge in [0.2, 0.25) is 0 Å². The molecule has 0 bridgehead atoms. The molecule has 1 N–H and O–H groups in total. The highest BCUT2D eigenvalue weighted by Crippen LogP contribution is 2.26. The molecule has 0 spiro atoms. The minimum atomic E-state index is 0.758. The Labute approximate surface area is 120 Å². The summed E-state index contributed by atoms with van der Waals surface area (Å²) in [5.41, 5.74) is 0. The summed E-state index contributed by atoms with van der Waals surface area (Å²) < 4.78 is 0. The first-order valence-electron chi connectivity index (χ1n) is 8.78. The second-order valence-corrected chi connectivity index (χ2v) is 6.84. The van der Waals surface area contributed by atoms with Gasteiger partial charge in [-0.15, -0.1) is 0 Å². The highest BCUT2D eigenvalue weighted by molar-refractivity contribution is 4.88. The number of likely N-dealkylation sites (tertiary alicyclic amines) is 1. The highest BCUT2D eigenvalue weighted by atomic mass is 15.2. The van der Waals surface area contributed by atoms with Gasteiger partial charge in [-0.1, -0.05) is 39.5 Å². The lowest BCUT2D eigenvalue weighted by atomic mass is 9.88. The summed E-state index contributed by atoms with van der Waals surface area (Å²) in [5, 5.41) is 3.86. The van der Waals surface area contributed by atoms with Gasteiger partial charge < -0.3 is 5.32 Å². The Morgan fingerprint density at radius 2 is 1.63 bits per heavy atom. The molecule has 2 unspecified atom stereocenters. The van der Waals surface area contributed by atoms with E-state index in [2.05, 4.69) is 24.1 Å². The van der Waals surface area contributed by atoms with Crippen molar-refractivity contribution in [1.82, 2.24) is 10.2 Å². The van der Waals surface area contributed by atoms with E-state index in [1.807, 2.05) is 0 Å². The van der Waals surface area contributed by atoms with Gasteiger partial charge in [-0.05, 0) is 57.7 Å². The van der Waals surface area contributed by atoms with Crippen LogP contribution in [0.1, 0.15) is 71.6 Å². The van der Waals surface area contributed by atoms with Crippen LogP contribution in [0.3, 0.4) is 0 Å². The molecule has 0 aromatic heterocycles. The Hall–Kier alpha value is -0.0800. The van der Waals surface area contributed by atoms with Crippen LogP contribution in [0.15, 0.2) is 0 Å². The molecule has 2 rings (SSSR count). The molecule has 19 heavy (non-hydrogen) atoms. The first kappa shape index (κ1) is 15.3. The van der Waals surface area contributed by atoms with E-state index in [1.54, 1.807) is 0 Å². The predicted molar refractivity (Wildman–Crippen MR) is 83.5 cm³/mol. The van der Waals surface area contributed by atoms with E-state index in [9.17, 15) is 0 Å². The van der Waals surface area contributed by atoms with Crippen LogP contribution in [0.4, 0.5) is 0 Å². The van der Waals surface area contributed by atoms with E-state index in [4.69, 9.17) is 0 Å². The molecular weight excluding hydrogens is 232 g/mol. The van der Waals surface area contributed by atoms with Gasteiger partial charge in [-0.3, -0.25) is 4.90 Å². The maximum Gasteiger partial charge on any atom is 0.0249 e. The summed E-state index contributed by atoms with van der Waals surface area (Å²) >= 11 is 0. The molecule has 0 aromatic rings. The fraction of sp³-hybridized carbons (Fsp3) is 1.00. The first-order valence-corrected chi connectivity index (χ1v) is 8.78. The summed E-state index contributed by atoms with van der Waals surface area (Å²) in [5.74, 6) is 0.951.